The Morgan fingerprint density at radius 2 is 1.90 bits per heavy atom. The highest BCUT2D eigenvalue weighted by atomic mass is 16.6. The molecule has 0 saturated heterocycles. The molecule has 4 nitrogen and oxygen atoms in total. The van der Waals surface area contributed by atoms with E-state index in [9.17, 15) is 4.79 Å². The van der Waals surface area contributed by atoms with Crippen molar-refractivity contribution >= 4 is 11.7 Å². The van der Waals surface area contributed by atoms with Crippen LogP contribution in [0.3, 0.4) is 0 Å². The third-order valence-corrected chi connectivity index (χ3v) is 2.83. The number of pyridine rings is 1. The van der Waals surface area contributed by atoms with Crippen molar-refractivity contribution in [3.8, 4) is 0 Å². The molecule has 4 heteroatoms. The normalized spacial score (nSPS) is 11.3. The van der Waals surface area contributed by atoms with Crippen LogP contribution in [-0.2, 0) is 16.0 Å². The zero-order chi connectivity index (χ0) is 15.0. The van der Waals surface area contributed by atoms with Gasteiger partial charge < -0.3 is 10.5 Å². The van der Waals surface area contributed by atoms with E-state index < -0.39 is 0 Å². The zero-order valence-electron chi connectivity index (χ0n) is 12.8. The lowest BCUT2D eigenvalue weighted by atomic mass is 10.1. The molecule has 0 bridgehead atoms. The molecule has 1 aromatic rings. The first-order valence-corrected chi connectivity index (χ1v) is 7.28. The van der Waals surface area contributed by atoms with Crippen molar-refractivity contribution in [1.82, 2.24) is 4.98 Å². The van der Waals surface area contributed by atoms with E-state index >= 15 is 0 Å². The number of nitrogens with zero attached hydrogens (tertiary/aromatic N) is 1. The first kappa shape index (κ1) is 16.5. The van der Waals surface area contributed by atoms with E-state index in [2.05, 4.69) is 4.98 Å². The molecule has 0 unspecified atom stereocenters. The number of nitrogen functional groups attached to an aromatic ring is 1. The number of hydrogen-bond donors (Lipinski definition) is 1. The maximum Gasteiger partial charge on any atom is 0.306 e. The van der Waals surface area contributed by atoms with Crippen LogP contribution in [0, 0.1) is 0 Å². The fraction of sp³-hybridized carbons (Fsp3) is 0.625. The molecule has 0 saturated carbocycles. The van der Waals surface area contributed by atoms with E-state index in [0.717, 1.165) is 32.1 Å². The Hall–Kier alpha value is -1.58. The Bertz CT molecular complexity index is 425. The number of nitrogens with two attached hydrogens (primary N) is 1. The van der Waals surface area contributed by atoms with E-state index in [4.69, 9.17) is 10.5 Å². The molecule has 112 valence electrons. The third-order valence-electron chi connectivity index (χ3n) is 2.83. The van der Waals surface area contributed by atoms with Crippen molar-refractivity contribution < 1.29 is 9.53 Å². The Morgan fingerprint density at radius 1 is 1.20 bits per heavy atom. The van der Waals surface area contributed by atoms with Gasteiger partial charge in [0.1, 0.15) is 5.60 Å². The fourth-order valence-electron chi connectivity index (χ4n) is 1.99. The first-order chi connectivity index (χ1) is 9.37. The summed E-state index contributed by atoms with van der Waals surface area (Å²) in [7, 11) is 0. The Balaban J connectivity index is 2.07. The predicted octanol–water partition coefficient (Wildman–Crippen LogP) is 3.50. The molecule has 0 amide bonds. The lowest BCUT2D eigenvalue weighted by molar-refractivity contribution is -0.154. The number of unbranched alkanes of at least 4 members (excludes halogenated alkanes) is 3. The van der Waals surface area contributed by atoms with Crippen molar-refractivity contribution in [3.63, 3.8) is 0 Å². The molecule has 20 heavy (non-hydrogen) atoms. The molecule has 1 rings (SSSR count). The fourth-order valence-corrected chi connectivity index (χ4v) is 1.99. The van der Waals surface area contributed by atoms with Gasteiger partial charge in [0.25, 0.3) is 0 Å². The van der Waals surface area contributed by atoms with Gasteiger partial charge >= 0.3 is 5.97 Å². The van der Waals surface area contributed by atoms with E-state index in [1.165, 1.54) is 5.56 Å². The predicted molar refractivity (Wildman–Crippen MR) is 81.3 cm³/mol. The molecule has 2 N–H and O–H groups in total. The Kier molecular flexibility index (Phi) is 6.49. The van der Waals surface area contributed by atoms with Crippen LogP contribution in [0.25, 0.3) is 0 Å². The number of aryl methyl sites for hydroxylation is 1. The summed E-state index contributed by atoms with van der Waals surface area (Å²) in [6.45, 7) is 5.68. The summed E-state index contributed by atoms with van der Waals surface area (Å²) in [5, 5.41) is 0. The topological polar surface area (TPSA) is 65.2 Å². The van der Waals surface area contributed by atoms with E-state index in [1.54, 1.807) is 6.20 Å². The monoisotopic (exact) mass is 278 g/mol. The molecule has 0 spiro atoms. The molecule has 0 fully saturated rings. The van der Waals surface area contributed by atoms with Crippen LogP contribution in [0.5, 0.6) is 0 Å². The summed E-state index contributed by atoms with van der Waals surface area (Å²) in [5.74, 6) is -0.0995. The minimum atomic E-state index is -0.378. The van der Waals surface area contributed by atoms with Gasteiger partial charge in [-0.2, -0.15) is 0 Å². The SMILES string of the molecule is CC(C)(C)OC(=O)CCCCCCc1cncc(N)c1. The summed E-state index contributed by atoms with van der Waals surface area (Å²) < 4.78 is 5.27. The van der Waals surface area contributed by atoms with Crippen molar-refractivity contribution in [3.05, 3.63) is 24.0 Å². The number of anilines is 1. The molecule has 0 aliphatic heterocycles. The average Bonchev–Trinajstić information content (AvgIpc) is 2.31. The quantitative estimate of drug-likeness (QED) is 0.612. The second-order valence-corrected chi connectivity index (χ2v) is 6.13. The van der Waals surface area contributed by atoms with Crippen molar-refractivity contribution in [2.24, 2.45) is 0 Å². The summed E-state index contributed by atoms with van der Waals surface area (Å²) in [5.41, 5.74) is 7.20. The number of carbonyl (C=O) groups excluding carboxylic acids is 1. The molecular formula is C16H26N2O2. The standard InChI is InChI=1S/C16H26N2O2/c1-16(2,3)20-15(19)9-7-5-4-6-8-13-10-14(17)12-18-11-13/h10-12H,4-9,17H2,1-3H3. The van der Waals surface area contributed by atoms with Gasteiger partial charge in [-0.3, -0.25) is 9.78 Å². The number of carbonyl (C=O) groups is 1. The Labute approximate surface area is 121 Å². The van der Waals surface area contributed by atoms with Crippen molar-refractivity contribution in [1.29, 1.82) is 0 Å². The number of rotatable bonds is 7. The number of ether oxygens (including phenoxy) is 1. The molecule has 1 heterocycles. The molecule has 0 aromatic carbocycles. The molecule has 1 aromatic heterocycles. The summed E-state index contributed by atoms with van der Waals surface area (Å²) in [4.78, 5) is 15.6. The van der Waals surface area contributed by atoms with Crippen LogP contribution < -0.4 is 5.73 Å². The van der Waals surface area contributed by atoms with Gasteiger partial charge in [0, 0.05) is 18.8 Å². The van der Waals surface area contributed by atoms with Crippen LogP contribution in [-0.4, -0.2) is 16.6 Å². The van der Waals surface area contributed by atoms with Crippen LogP contribution in [0.4, 0.5) is 5.69 Å². The van der Waals surface area contributed by atoms with Gasteiger partial charge in [-0.25, -0.2) is 0 Å². The first-order valence-electron chi connectivity index (χ1n) is 7.28. The maximum atomic E-state index is 11.5. The van der Waals surface area contributed by atoms with E-state index in [-0.39, 0.29) is 11.6 Å². The second-order valence-electron chi connectivity index (χ2n) is 6.13. The average molecular weight is 278 g/mol. The molecule has 0 aliphatic carbocycles. The smallest absolute Gasteiger partial charge is 0.306 e. The second kappa shape index (κ2) is 7.88. The molecule has 0 aliphatic rings. The maximum absolute atomic E-state index is 11.5. The van der Waals surface area contributed by atoms with Crippen molar-refractivity contribution in [2.75, 3.05) is 5.73 Å². The zero-order valence-corrected chi connectivity index (χ0v) is 12.8. The minimum absolute atomic E-state index is 0.0995. The van der Waals surface area contributed by atoms with E-state index in [0.29, 0.717) is 12.1 Å². The van der Waals surface area contributed by atoms with Gasteiger partial charge in [0.2, 0.25) is 0 Å². The Morgan fingerprint density at radius 3 is 2.55 bits per heavy atom. The highest BCUT2D eigenvalue weighted by molar-refractivity contribution is 5.69. The molecule has 0 radical (unpaired) electrons. The van der Waals surface area contributed by atoms with Crippen LogP contribution in [0.2, 0.25) is 0 Å². The highest BCUT2D eigenvalue weighted by Gasteiger charge is 2.15. The van der Waals surface area contributed by atoms with Gasteiger partial charge in [0.15, 0.2) is 0 Å². The highest BCUT2D eigenvalue weighted by Crippen LogP contribution is 2.13. The minimum Gasteiger partial charge on any atom is -0.460 e. The largest absolute Gasteiger partial charge is 0.460 e. The van der Waals surface area contributed by atoms with Crippen molar-refractivity contribution in [2.45, 2.75) is 64.9 Å². The van der Waals surface area contributed by atoms with Gasteiger partial charge in [-0.15, -0.1) is 0 Å². The van der Waals surface area contributed by atoms with Crippen LogP contribution in [0.1, 0.15) is 58.4 Å². The number of aromatic nitrogens is 1. The van der Waals surface area contributed by atoms with E-state index in [1.807, 2.05) is 33.0 Å². The molecule has 0 atom stereocenters. The van der Waals surface area contributed by atoms with Crippen LogP contribution >= 0.6 is 0 Å². The number of esters is 1. The van der Waals surface area contributed by atoms with Gasteiger partial charge in [-0.05, 0) is 51.7 Å². The van der Waals surface area contributed by atoms with Crippen LogP contribution in [0.15, 0.2) is 18.5 Å². The van der Waals surface area contributed by atoms with Gasteiger partial charge in [-0.1, -0.05) is 12.8 Å². The van der Waals surface area contributed by atoms with Gasteiger partial charge in [0.05, 0.1) is 5.69 Å². The molecular weight excluding hydrogens is 252 g/mol. The third kappa shape index (κ3) is 7.77. The summed E-state index contributed by atoms with van der Waals surface area (Å²) >= 11 is 0. The lowest BCUT2D eigenvalue weighted by Crippen LogP contribution is -2.23. The number of hydrogen-bond acceptors (Lipinski definition) is 4. The summed E-state index contributed by atoms with van der Waals surface area (Å²) in [6, 6.07) is 1.97. The lowest BCUT2D eigenvalue weighted by Gasteiger charge is -2.19. The summed E-state index contributed by atoms with van der Waals surface area (Å²) in [6.07, 6.45) is 9.17.